The highest BCUT2D eigenvalue weighted by molar-refractivity contribution is 9.09. The third kappa shape index (κ3) is 6.75. The number of ether oxygens (including phenoxy) is 1. The molecule has 0 amide bonds. The van der Waals surface area contributed by atoms with Crippen LogP contribution in [-0.4, -0.2) is 17.1 Å². The first-order valence-electron chi connectivity index (χ1n) is 9.12. The first-order chi connectivity index (χ1) is 12.7. The van der Waals surface area contributed by atoms with Gasteiger partial charge in [0.2, 0.25) is 5.78 Å². The summed E-state index contributed by atoms with van der Waals surface area (Å²) in [5, 5.41) is 1.02. The van der Waals surface area contributed by atoms with E-state index >= 15 is 0 Å². The van der Waals surface area contributed by atoms with Crippen molar-refractivity contribution in [3.8, 4) is 0 Å². The third-order valence-corrected chi connectivity index (χ3v) is 4.72. The summed E-state index contributed by atoms with van der Waals surface area (Å²) in [5.41, 5.74) is 1.25. The van der Waals surface area contributed by atoms with Gasteiger partial charge in [-0.3, -0.25) is 9.59 Å². The number of ketones is 1. The Labute approximate surface area is 163 Å². The first-order valence-corrected chi connectivity index (χ1v) is 10.2. The van der Waals surface area contributed by atoms with Gasteiger partial charge in [-0.25, -0.2) is 0 Å². The number of rotatable bonds is 11. The van der Waals surface area contributed by atoms with Crippen LogP contribution in [0, 0.1) is 0 Å². The van der Waals surface area contributed by atoms with E-state index in [2.05, 4.69) is 15.9 Å². The molecule has 0 aliphatic rings. The minimum atomic E-state index is -0.889. The molecule has 0 aliphatic heterocycles. The summed E-state index contributed by atoms with van der Waals surface area (Å²) in [7, 11) is 0. The van der Waals surface area contributed by atoms with Crippen molar-refractivity contribution in [2.75, 3.05) is 5.33 Å². The van der Waals surface area contributed by atoms with Crippen LogP contribution in [0.15, 0.2) is 60.7 Å². The lowest BCUT2D eigenvalue weighted by molar-refractivity contribution is -0.147. The van der Waals surface area contributed by atoms with E-state index < -0.39 is 6.10 Å². The number of benzene rings is 2. The lowest BCUT2D eigenvalue weighted by Crippen LogP contribution is -2.20. The predicted octanol–water partition coefficient (Wildman–Crippen LogP) is 5.89. The molecule has 0 spiro atoms. The summed E-state index contributed by atoms with van der Waals surface area (Å²) in [6.07, 6.45) is 4.70. The van der Waals surface area contributed by atoms with Gasteiger partial charge in [-0.05, 0) is 12.8 Å². The second-order valence-corrected chi connectivity index (χ2v) is 7.01. The smallest absolute Gasteiger partial charge is 0.306 e. The minimum Gasteiger partial charge on any atom is -0.449 e. The number of carbonyl (C=O) groups is 2. The monoisotopic (exact) mass is 416 g/mol. The van der Waals surface area contributed by atoms with Crippen LogP contribution >= 0.6 is 15.9 Å². The lowest BCUT2D eigenvalue weighted by atomic mass is 10.00. The van der Waals surface area contributed by atoms with Crippen molar-refractivity contribution in [1.82, 2.24) is 0 Å². The topological polar surface area (TPSA) is 43.4 Å². The lowest BCUT2D eigenvalue weighted by Gasteiger charge is -2.17. The maximum atomic E-state index is 12.8. The van der Waals surface area contributed by atoms with E-state index in [1.54, 1.807) is 12.1 Å². The molecule has 2 rings (SSSR count). The number of carbonyl (C=O) groups excluding carboxylic acids is 2. The fourth-order valence-corrected chi connectivity index (χ4v) is 3.14. The summed E-state index contributed by atoms with van der Waals surface area (Å²) >= 11 is 3.42. The third-order valence-electron chi connectivity index (χ3n) is 4.16. The zero-order chi connectivity index (χ0) is 18.6. The summed E-state index contributed by atoms with van der Waals surface area (Å²) in [4.78, 5) is 25.1. The van der Waals surface area contributed by atoms with Crippen molar-refractivity contribution >= 4 is 27.7 Å². The molecule has 0 fully saturated rings. The minimum absolute atomic E-state index is 0.192. The van der Waals surface area contributed by atoms with Crippen LogP contribution in [0.5, 0.6) is 0 Å². The van der Waals surface area contributed by atoms with Gasteiger partial charge in [0.25, 0.3) is 0 Å². The van der Waals surface area contributed by atoms with Gasteiger partial charge in [-0.1, -0.05) is 95.9 Å². The van der Waals surface area contributed by atoms with Crippen molar-refractivity contribution in [2.24, 2.45) is 0 Å². The Balaban J connectivity index is 1.97. The molecule has 0 saturated carbocycles. The molecule has 0 heterocycles. The van der Waals surface area contributed by atoms with Crippen molar-refractivity contribution < 1.29 is 14.3 Å². The molecule has 0 aromatic heterocycles. The van der Waals surface area contributed by atoms with Crippen LogP contribution in [0.25, 0.3) is 0 Å². The van der Waals surface area contributed by atoms with Gasteiger partial charge in [0.15, 0.2) is 6.10 Å². The predicted molar refractivity (Wildman–Crippen MR) is 108 cm³/mol. The first kappa shape index (κ1) is 20.4. The Kier molecular flexibility index (Phi) is 9.11. The molecule has 2 aromatic carbocycles. The molecule has 0 N–H and O–H groups in total. The largest absolute Gasteiger partial charge is 0.449 e. The van der Waals surface area contributed by atoms with Gasteiger partial charge < -0.3 is 4.74 Å². The highest BCUT2D eigenvalue weighted by Gasteiger charge is 2.25. The number of Topliss-reactive ketones (excluding diaryl/α,β-unsaturated/α-hetero) is 1. The number of hydrogen-bond acceptors (Lipinski definition) is 3. The Hall–Kier alpha value is -1.94. The van der Waals surface area contributed by atoms with Crippen LogP contribution < -0.4 is 0 Å². The Bertz CT molecular complexity index is 670. The summed E-state index contributed by atoms with van der Waals surface area (Å²) < 4.78 is 5.58. The van der Waals surface area contributed by atoms with Crippen molar-refractivity contribution in [3.63, 3.8) is 0 Å². The molecular formula is C22H25BrO3. The van der Waals surface area contributed by atoms with E-state index in [0.717, 1.165) is 31.0 Å². The fourth-order valence-electron chi connectivity index (χ4n) is 2.74. The van der Waals surface area contributed by atoms with Gasteiger partial charge in [0.1, 0.15) is 0 Å². The average Bonchev–Trinajstić information content (AvgIpc) is 2.69. The molecule has 2 aromatic rings. The number of halogens is 1. The molecule has 138 valence electrons. The Morgan fingerprint density at radius 2 is 1.38 bits per heavy atom. The highest BCUT2D eigenvalue weighted by Crippen LogP contribution is 2.23. The quantitative estimate of drug-likeness (QED) is 0.198. The van der Waals surface area contributed by atoms with Gasteiger partial charge >= 0.3 is 5.97 Å². The van der Waals surface area contributed by atoms with E-state index in [1.165, 1.54) is 6.42 Å². The normalized spacial score (nSPS) is 11.7. The number of unbranched alkanes of at least 4 members (excludes halogenated alkanes) is 4. The second-order valence-electron chi connectivity index (χ2n) is 6.22. The van der Waals surface area contributed by atoms with Gasteiger partial charge in [0.05, 0.1) is 0 Å². The van der Waals surface area contributed by atoms with Gasteiger partial charge in [0, 0.05) is 22.9 Å². The summed E-state index contributed by atoms with van der Waals surface area (Å²) in [6, 6.07) is 18.2. The maximum Gasteiger partial charge on any atom is 0.306 e. The Morgan fingerprint density at radius 1 is 0.808 bits per heavy atom. The van der Waals surface area contributed by atoms with Gasteiger partial charge in [-0.2, -0.15) is 0 Å². The van der Waals surface area contributed by atoms with Crippen LogP contribution in [0.1, 0.15) is 60.6 Å². The van der Waals surface area contributed by atoms with Crippen molar-refractivity contribution in [2.45, 2.75) is 44.6 Å². The fraction of sp³-hybridized carbons (Fsp3) is 0.364. The average molecular weight is 417 g/mol. The number of hydrogen-bond donors (Lipinski definition) is 0. The molecule has 0 aliphatic carbocycles. The van der Waals surface area contributed by atoms with Crippen molar-refractivity contribution in [3.05, 3.63) is 71.8 Å². The van der Waals surface area contributed by atoms with Crippen LogP contribution in [0.4, 0.5) is 0 Å². The zero-order valence-corrected chi connectivity index (χ0v) is 16.5. The van der Waals surface area contributed by atoms with Crippen LogP contribution in [0.3, 0.4) is 0 Å². The molecular weight excluding hydrogens is 392 g/mol. The molecule has 3 nitrogen and oxygen atoms in total. The van der Waals surface area contributed by atoms with E-state index in [-0.39, 0.29) is 11.8 Å². The number of alkyl halides is 1. The van der Waals surface area contributed by atoms with Crippen LogP contribution in [0.2, 0.25) is 0 Å². The molecule has 0 radical (unpaired) electrons. The van der Waals surface area contributed by atoms with Crippen LogP contribution in [-0.2, 0) is 9.53 Å². The zero-order valence-electron chi connectivity index (χ0n) is 14.9. The molecule has 1 unspecified atom stereocenters. The molecule has 4 heteroatoms. The molecule has 0 bridgehead atoms. The molecule has 0 saturated heterocycles. The standard InChI is InChI=1S/C22H25BrO3/c23-17-11-3-1-2-10-16-20(24)26-22(19-14-8-5-9-15-19)21(25)18-12-6-4-7-13-18/h4-9,12-15,22H,1-3,10-11,16-17H2. The molecule has 1 atom stereocenters. The maximum absolute atomic E-state index is 12.8. The van der Waals surface area contributed by atoms with E-state index in [4.69, 9.17) is 4.74 Å². The van der Waals surface area contributed by atoms with E-state index in [0.29, 0.717) is 17.5 Å². The Morgan fingerprint density at radius 3 is 2.04 bits per heavy atom. The van der Waals surface area contributed by atoms with Crippen molar-refractivity contribution in [1.29, 1.82) is 0 Å². The summed E-state index contributed by atoms with van der Waals surface area (Å²) in [5.74, 6) is -0.508. The van der Waals surface area contributed by atoms with E-state index in [9.17, 15) is 9.59 Å². The van der Waals surface area contributed by atoms with E-state index in [1.807, 2.05) is 48.5 Å². The summed E-state index contributed by atoms with van der Waals surface area (Å²) in [6.45, 7) is 0. The number of esters is 1. The SMILES string of the molecule is O=C(CCCCCCCBr)OC(C(=O)c1ccccc1)c1ccccc1. The molecule has 26 heavy (non-hydrogen) atoms. The second kappa shape index (κ2) is 11.6. The van der Waals surface area contributed by atoms with Gasteiger partial charge in [-0.15, -0.1) is 0 Å². The highest BCUT2D eigenvalue weighted by atomic mass is 79.9.